The van der Waals surface area contributed by atoms with Crippen LogP contribution in [0.3, 0.4) is 0 Å². The number of carboxylic acids is 1. The molecule has 32 heavy (non-hydrogen) atoms. The number of benzene rings is 1. The molecule has 4 aromatic heterocycles. The zero-order valence-electron chi connectivity index (χ0n) is 17.4. The SMILES string of the molecule is CCc1nc2c(C)cc(C(=O)O)nc2n1Cc1ccc(-c2ccoc2-c2nn[nH]n2)cc1. The zero-order chi connectivity index (χ0) is 22.2. The molecule has 0 amide bonds. The van der Waals surface area contributed by atoms with Crippen molar-refractivity contribution in [2.45, 2.75) is 26.8 Å². The number of tetrazole rings is 1. The number of carboxylic acid groups (broad SMARTS) is 1. The van der Waals surface area contributed by atoms with Gasteiger partial charge < -0.3 is 14.1 Å². The molecular weight excluding hydrogens is 410 g/mol. The first-order valence-electron chi connectivity index (χ1n) is 10.1. The van der Waals surface area contributed by atoms with E-state index in [0.717, 1.165) is 33.6 Å². The van der Waals surface area contributed by atoms with Gasteiger partial charge >= 0.3 is 5.97 Å². The number of aryl methyl sites for hydroxylation is 2. The summed E-state index contributed by atoms with van der Waals surface area (Å²) in [5.41, 5.74) is 4.98. The fourth-order valence-corrected chi connectivity index (χ4v) is 3.77. The second-order valence-corrected chi connectivity index (χ2v) is 7.37. The van der Waals surface area contributed by atoms with E-state index in [1.54, 1.807) is 12.3 Å². The molecule has 0 unspecified atom stereocenters. The van der Waals surface area contributed by atoms with Gasteiger partial charge in [-0.3, -0.25) is 0 Å². The molecule has 0 aliphatic rings. The van der Waals surface area contributed by atoms with E-state index in [1.165, 1.54) is 0 Å². The summed E-state index contributed by atoms with van der Waals surface area (Å²) in [5.74, 6) is 0.739. The fraction of sp³-hybridized carbons (Fsp3) is 0.182. The second-order valence-electron chi connectivity index (χ2n) is 7.37. The number of aromatic nitrogens is 7. The van der Waals surface area contributed by atoms with Crippen LogP contribution in [0.15, 0.2) is 47.1 Å². The molecule has 0 aliphatic heterocycles. The number of furan rings is 1. The van der Waals surface area contributed by atoms with Crippen LogP contribution >= 0.6 is 0 Å². The molecule has 10 nitrogen and oxygen atoms in total. The quantitative estimate of drug-likeness (QED) is 0.419. The Morgan fingerprint density at radius 3 is 2.69 bits per heavy atom. The van der Waals surface area contributed by atoms with Gasteiger partial charge in [0.2, 0.25) is 5.82 Å². The van der Waals surface area contributed by atoms with E-state index in [4.69, 9.17) is 9.40 Å². The molecule has 0 saturated heterocycles. The topological polar surface area (TPSA) is 136 Å². The van der Waals surface area contributed by atoms with E-state index in [1.807, 2.05) is 48.7 Å². The number of nitrogens with one attached hydrogen (secondary N) is 1. The molecule has 2 N–H and O–H groups in total. The standard InChI is InChI=1S/C22H19N7O3/c1-3-17-24-18-12(2)10-16(22(30)31)23-21(18)29(17)11-13-4-6-14(7-5-13)15-8-9-32-19(15)20-25-27-28-26-20/h4-10H,3,11H2,1-2H3,(H,30,31)(H,25,26,27,28). The van der Waals surface area contributed by atoms with Gasteiger partial charge in [-0.05, 0) is 41.0 Å². The number of hydrogen-bond acceptors (Lipinski definition) is 7. The predicted octanol–water partition coefficient (Wildman–Crippen LogP) is 3.49. The van der Waals surface area contributed by atoms with Gasteiger partial charge in [0.15, 0.2) is 17.1 Å². The molecule has 1 aromatic carbocycles. The molecule has 160 valence electrons. The Balaban J connectivity index is 1.50. The molecule has 5 rings (SSSR count). The Bertz CT molecular complexity index is 1420. The van der Waals surface area contributed by atoms with E-state index in [2.05, 4.69) is 25.6 Å². The summed E-state index contributed by atoms with van der Waals surface area (Å²) in [6, 6.07) is 11.4. The van der Waals surface area contributed by atoms with Crippen LogP contribution in [0, 0.1) is 6.92 Å². The third kappa shape index (κ3) is 3.31. The smallest absolute Gasteiger partial charge is 0.354 e. The normalized spacial score (nSPS) is 11.3. The molecule has 0 radical (unpaired) electrons. The molecule has 4 heterocycles. The maximum atomic E-state index is 11.5. The van der Waals surface area contributed by atoms with Crippen LogP contribution in [0.1, 0.15) is 34.4 Å². The van der Waals surface area contributed by atoms with Crippen molar-refractivity contribution in [1.29, 1.82) is 0 Å². The first-order valence-corrected chi connectivity index (χ1v) is 10.1. The summed E-state index contributed by atoms with van der Waals surface area (Å²) in [6.45, 7) is 4.40. The molecule has 10 heteroatoms. The number of aromatic carboxylic acids is 1. The first-order chi connectivity index (χ1) is 15.5. The highest BCUT2D eigenvalue weighted by Gasteiger charge is 2.18. The summed E-state index contributed by atoms with van der Waals surface area (Å²) in [7, 11) is 0. The predicted molar refractivity (Wildman–Crippen MR) is 115 cm³/mol. The maximum Gasteiger partial charge on any atom is 0.354 e. The highest BCUT2D eigenvalue weighted by molar-refractivity contribution is 5.89. The lowest BCUT2D eigenvalue weighted by atomic mass is 10.0. The van der Waals surface area contributed by atoms with Crippen molar-refractivity contribution in [2.24, 2.45) is 0 Å². The summed E-state index contributed by atoms with van der Waals surface area (Å²) in [4.78, 5) is 20.6. The lowest BCUT2D eigenvalue weighted by molar-refractivity contribution is 0.0690. The Hall–Kier alpha value is -4.34. The van der Waals surface area contributed by atoms with Gasteiger partial charge in [0.05, 0.1) is 12.8 Å². The summed E-state index contributed by atoms with van der Waals surface area (Å²) in [6.07, 6.45) is 2.30. The number of imidazole rings is 1. The molecule has 0 fully saturated rings. The maximum absolute atomic E-state index is 11.5. The van der Waals surface area contributed by atoms with Gasteiger partial charge in [0.25, 0.3) is 0 Å². The number of rotatable bonds is 6. The fourth-order valence-electron chi connectivity index (χ4n) is 3.77. The molecule has 0 bridgehead atoms. The van der Waals surface area contributed by atoms with Crippen LogP contribution < -0.4 is 0 Å². The van der Waals surface area contributed by atoms with Crippen molar-refractivity contribution in [3.63, 3.8) is 0 Å². The van der Waals surface area contributed by atoms with Crippen LogP contribution in [0.4, 0.5) is 0 Å². The van der Waals surface area contributed by atoms with Gasteiger partial charge in [-0.2, -0.15) is 5.21 Å². The Morgan fingerprint density at radius 1 is 1.19 bits per heavy atom. The second kappa shape index (κ2) is 7.73. The number of hydrogen-bond donors (Lipinski definition) is 2. The van der Waals surface area contributed by atoms with Crippen molar-refractivity contribution in [2.75, 3.05) is 0 Å². The van der Waals surface area contributed by atoms with Crippen LogP contribution in [-0.4, -0.2) is 46.2 Å². The largest absolute Gasteiger partial charge is 0.477 e. The van der Waals surface area contributed by atoms with Crippen LogP contribution in [0.25, 0.3) is 33.9 Å². The number of H-pyrrole nitrogens is 1. The van der Waals surface area contributed by atoms with Crippen molar-refractivity contribution in [3.05, 3.63) is 65.3 Å². The zero-order valence-corrected chi connectivity index (χ0v) is 17.4. The summed E-state index contributed by atoms with van der Waals surface area (Å²) in [5, 5.41) is 23.4. The van der Waals surface area contributed by atoms with E-state index < -0.39 is 5.97 Å². The van der Waals surface area contributed by atoms with E-state index in [9.17, 15) is 9.90 Å². The Labute approximate surface area is 181 Å². The molecule has 5 aromatic rings. The number of carbonyl (C=O) groups is 1. The van der Waals surface area contributed by atoms with Crippen molar-refractivity contribution in [1.82, 2.24) is 35.2 Å². The van der Waals surface area contributed by atoms with Crippen LogP contribution in [0.2, 0.25) is 0 Å². The Morgan fingerprint density at radius 2 is 2.00 bits per heavy atom. The highest BCUT2D eigenvalue weighted by atomic mass is 16.4. The van der Waals surface area contributed by atoms with Gasteiger partial charge in [-0.1, -0.05) is 31.2 Å². The minimum atomic E-state index is -1.05. The number of nitrogens with zero attached hydrogens (tertiary/aromatic N) is 6. The monoisotopic (exact) mass is 429 g/mol. The lowest BCUT2D eigenvalue weighted by Crippen LogP contribution is -2.07. The lowest BCUT2D eigenvalue weighted by Gasteiger charge is -2.09. The van der Waals surface area contributed by atoms with Crippen LogP contribution in [0.5, 0.6) is 0 Å². The van der Waals surface area contributed by atoms with Gasteiger partial charge in [0, 0.05) is 12.0 Å². The van der Waals surface area contributed by atoms with Gasteiger partial charge in [-0.15, -0.1) is 10.2 Å². The number of pyridine rings is 1. The van der Waals surface area contributed by atoms with Crippen molar-refractivity contribution in [3.8, 4) is 22.7 Å². The first kappa shape index (κ1) is 19.6. The molecule has 0 saturated carbocycles. The minimum Gasteiger partial charge on any atom is -0.477 e. The number of aromatic amines is 1. The third-order valence-corrected chi connectivity index (χ3v) is 5.33. The summed E-state index contributed by atoms with van der Waals surface area (Å²) >= 11 is 0. The summed E-state index contributed by atoms with van der Waals surface area (Å²) < 4.78 is 7.52. The molecule has 0 spiro atoms. The minimum absolute atomic E-state index is 0.0168. The van der Waals surface area contributed by atoms with E-state index >= 15 is 0 Å². The third-order valence-electron chi connectivity index (χ3n) is 5.33. The van der Waals surface area contributed by atoms with Crippen molar-refractivity contribution < 1.29 is 14.3 Å². The Kier molecular flexibility index (Phi) is 4.74. The van der Waals surface area contributed by atoms with Gasteiger partial charge in [-0.25, -0.2) is 14.8 Å². The van der Waals surface area contributed by atoms with Gasteiger partial charge in [0.1, 0.15) is 11.3 Å². The number of fused-ring (bicyclic) bond motifs is 1. The molecular formula is C22H19N7O3. The van der Waals surface area contributed by atoms with Crippen molar-refractivity contribution >= 4 is 17.1 Å². The molecule has 0 atom stereocenters. The highest BCUT2D eigenvalue weighted by Crippen LogP contribution is 2.31. The van der Waals surface area contributed by atoms with E-state index in [-0.39, 0.29) is 5.69 Å². The average molecular weight is 429 g/mol. The van der Waals surface area contributed by atoms with E-state index in [0.29, 0.717) is 30.2 Å². The van der Waals surface area contributed by atoms with Crippen LogP contribution in [-0.2, 0) is 13.0 Å². The average Bonchev–Trinajstić information content (AvgIpc) is 3.54. The molecule has 0 aliphatic carbocycles.